The van der Waals surface area contributed by atoms with E-state index in [-0.39, 0.29) is 11.7 Å². The Balaban J connectivity index is 0.00000176. The lowest BCUT2D eigenvalue weighted by atomic mass is 10.3. The van der Waals surface area contributed by atoms with Crippen LogP contribution in [0.1, 0.15) is 16.8 Å². The van der Waals surface area contributed by atoms with Gasteiger partial charge in [0.2, 0.25) is 0 Å². The number of hydrogen-bond donors (Lipinski definition) is 2. The maximum Gasteiger partial charge on any atom is 0.280 e. The number of aliphatic imine (C=N–C) groups is 1. The Bertz CT molecular complexity index is 843. The van der Waals surface area contributed by atoms with Crippen molar-refractivity contribution in [1.29, 1.82) is 0 Å². The molecule has 0 unspecified atom stereocenters. The summed E-state index contributed by atoms with van der Waals surface area (Å²) in [6.07, 6.45) is 1.64. The summed E-state index contributed by atoms with van der Waals surface area (Å²) in [7, 11) is 0. The minimum Gasteiger partial charge on any atom is -0.344 e. The molecule has 0 bridgehead atoms. The first-order valence-electron chi connectivity index (χ1n) is 6.61. The summed E-state index contributed by atoms with van der Waals surface area (Å²) < 4.78 is 1.54. The molecule has 6 heteroatoms. The second kappa shape index (κ2) is 6.55. The van der Waals surface area contributed by atoms with Gasteiger partial charge < -0.3 is 6.15 Å². The van der Waals surface area contributed by atoms with Crippen LogP contribution < -0.4 is 11.7 Å². The molecule has 1 aromatic carbocycles. The predicted molar refractivity (Wildman–Crippen MR) is 92.5 cm³/mol. The van der Waals surface area contributed by atoms with E-state index in [0.29, 0.717) is 5.56 Å². The topological polar surface area (TPSA) is 85.2 Å². The van der Waals surface area contributed by atoms with Crippen molar-refractivity contribution in [1.82, 2.24) is 15.9 Å². The third-order valence-electron chi connectivity index (χ3n) is 3.17. The van der Waals surface area contributed by atoms with E-state index in [9.17, 15) is 4.79 Å². The molecule has 2 aromatic heterocycles. The molecule has 0 spiro atoms. The van der Waals surface area contributed by atoms with E-state index in [2.05, 4.69) is 10.1 Å². The number of hydrogen-bond acceptors (Lipinski definition) is 4. The lowest BCUT2D eigenvalue weighted by Crippen LogP contribution is -2.16. The maximum absolute atomic E-state index is 12.5. The van der Waals surface area contributed by atoms with Crippen molar-refractivity contribution in [3.8, 4) is 5.69 Å². The smallest absolute Gasteiger partial charge is 0.280 e. The highest BCUT2D eigenvalue weighted by Crippen LogP contribution is 2.22. The number of benzene rings is 1. The van der Waals surface area contributed by atoms with E-state index >= 15 is 0 Å². The average molecular weight is 314 g/mol. The van der Waals surface area contributed by atoms with Crippen molar-refractivity contribution < 1.29 is 0 Å². The monoisotopic (exact) mass is 314 g/mol. The van der Waals surface area contributed by atoms with Gasteiger partial charge in [0.25, 0.3) is 5.56 Å². The molecular weight excluding hydrogens is 296 g/mol. The van der Waals surface area contributed by atoms with E-state index in [0.717, 1.165) is 16.4 Å². The van der Waals surface area contributed by atoms with Gasteiger partial charge in [-0.15, -0.1) is 11.3 Å². The third kappa shape index (κ3) is 3.08. The molecule has 5 nitrogen and oxygen atoms in total. The van der Waals surface area contributed by atoms with Crippen LogP contribution in [0.5, 0.6) is 0 Å². The highest BCUT2D eigenvalue weighted by Gasteiger charge is 2.10. The predicted octanol–water partition coefficient (Wildman–Crippen LogP) is 3.76. The van der Waals surface area contributed by atoms with Crippen molar-refractivity contribution in [2.45, 2.75) is 13.8 Å². The molecule has 0 aliphatic carbocycles. The molecule has 0 aliphatic heterocycles. The maximum atomic E-state index is 12.5. The van der Waals surface area contributed by atoms with Gasteiger partial charge in [-0.2, -0.15) is 0 Å². The van der Waals surface area contributed by atoms with Crippen molar-refractivity contribution in [3.05, 3.63) is 69.0 Å². The normalized spacial score (nSPS) is 10.8. The number of aromatic nitrogens is 2. The SMILES string of the molecule is Cc1csc(/N=C/c2c(C)[nH]n(-c3ccccc3)c2=O)c1.N. The van der Waals surface area contributed by atoms with Gasteiger partial charge >= 0.3 is 0 Å². The summed E-state index contributed by atoms with van der Waals surface area (Å²) in [5.41, 5.74) is 3.30. The van der Waals surface area contributed by atoms with E-state index in [1.165, 1.54) is 10.2 Å². The Labute approximate surface area is 132 Å². The quantitative estimate of drug-likeness (QED) is 0.721. The summed E-state index contributed by atoms with van der Waals surface area (Å²) in [4.78, 5) is 16.8. The van der Waals surface area contributed by atoms with Gasteiger partial charge in [0.15, 0.2) is 0 Å². The fourth-order valence-corrected chi connectivity index (χ4v) is 2.82. The Morgan fingerprint density at radius 3 is 2.59 bits per heavy atom. The van der Waals surface area contributed by atoms with Gasteiger partial charge in [-0.25, -0.2) is 9.67 Å². The average Bonchev–Trinajstić information content (AvgIpc) is 3.02. The van der Waals surface area contributed by atoms with Crippen LogP contribution in [0.3, 0.4) is 0 Å². The fraction of sp³-hybridized carbons (Fsp3) is 0.125. The van der Waals surface area contributed by atoms with Crippen LogP contribution in [0.25, 0.3) is 5.69 Å². The standard InChI is InChI=1S/C16H15N3OS.H3N/c1-11-8-15(21-10-11)17-9-14-12(2)18-19(16(14)20)13-6-4-3-5-7-13;/h3-10,18H,1-2H3;1H3/b17-9+;. The molecule has 3 rings (SSSR count). The van der Waals surface area contributed by atoms with Gasteiger partial charge in [-0.1, -0.05) is 18.2 Å². The zero-order valence-corrected chi connectivity index (χ0v) is 13.4. The van der Waals surface area contributed by atoms with Crippen LogP contribution >= 0.6 is 11.3 Å². The number of nitrogens with zero attached hydrogens (tertiary/aromatic N) is 2. The number of thiophene rings is 1. The first kappa shape index (κ1) is 15.9. The van der Waals surface area contributed by atoms with Crippen molar-refractivity contribution in [3.63, 3.8) is 0 Å². The van der Waals surface area contributed by atoms with Crippen LogP contribution in [0.2, 0.25) is 0 Å². The number of rotatable bonds is 3. The Morgan fingerprint density at radius 2 is 1.95 bits per heavy atom. The molecule has 0 amide bonds. The number of para-hydroxylation sites is 1. The molecule has 114 valence electrons. The largest absolute Gasteiger partial charge is 0.344 e. The highest BCUT2D eigenvalue weighted by molar-refractivity contribution is 7.14. The Hall–Kier alpha value is -2.44. The summed E-state index contributed by atoms with van der Waals surface area (Å²) in [5.74, 6) is 0. The molecule has 2 heterocycles. The van der Waals surface area contributed by atoms with Crippen molar-refractivity contribution in [2.75, 3.05) is 0 Å². The summed E-state index contributed by atoms with van der Waals surface area (Å²) in [6.45, 7) is 3.90. The lowest BCUT2D eigenvalue weighted by molar-refractivity contribution is 0.835. The Morgan fingerprint density at radius 1 is 1.23 bits per heavy atom. The summed E-state index contributed by atoms with van der Waals surface area (Å²) in [6, 6.07) is 11.5. The van der Waals surface area contributed by atoms with Gasteiger partial charge in [0, 0.05) is 11.9 Å². The number of aryl methyl sites for hydroxylation is 2. The molecule has 0 saturated heterocycles. The van der Waals surface area contributed by atoms with Crippen LogP contribution in [0, 0.1) is 13.8 Å². The molecule has 0 radical (unpaired) electrons. The van der Waals surface area contributed by atoms with Crippen molar-refractivity contribution in [2.24, 2.45) is 4.99 Å². The van der Waals surface area contributed by atoms with E-state index in [1.54, 1.807) is 17.6 Å². The van der Waals surface area contributed by atoms with Crippen LogP contribution in [-0.2, 0) is 0 Å². The molecule has 0 aliphatic rings. The second-order valence-electron chi connectivity index (χ2n) is 4.85. The summed E-state index contributed by atoms with van der Waals surface area (Å²) >= 11 is 1.57. The first-order chi connectivity index (χ1) is 10.1. The van der Waals surface area contributed by atoms with Gasteiger partial charge in [0.05, 0.1) is 11.3 Å². The van der Waals surface area contributed by atoms with Crippen LogP contribution in [-0.4, -0.2) is 16.0 Å². The number of aromatic amines is 1. The minimum atomic E-state index is -0.0873. The van der Waals surface area contributed by atoms with Crippen molar-refractivity contribution >= 4 is 22.6 Å². The van der Waals surface area contributed by atoms with Gasteiger partial charge in [-0.05, 0) is 43.0 Å². The van der Waals surface area contributed by atoms with Gasteiger partial charge in [-0.3, -0.25) is 9.89 Å². The molecule has 0 saturated carbocycles. The molecule has 22 heavy (non-hydrogen) atoms. The summed E-state index contributed by atoms with van der Waals surface area (Å²) in [5, 5.41) is 6.03. The van der Waals surface area contributed by atoms with Crippen LogP contribution in [0.4, 0.5) is 5.00 Å². The molecule has 0 atom stereocenters. The lowest BCUT2D eigenvalue weighted by Gasteiger charge is -1.99. The zero-order valence-electron chi connectivity index (χ0n) is 12.5. The van der Waals surface area contributed by atoms with E-state index in [1.807, 2.05) is 55.6 Å². The van der Waals surface area contributed by atoms with Gasteiger partial charge in [0.1, 0.15) is 5.00 Å². The number of H-pyrrole nitrogens is 1. The molecule has 4 N–H and O–H groups in total. The molecule has 0 fully saturated rings. The first-order valence-corrected chi connectivity index (χ1v) is 7.49. The Kier molecular flexibility index (Phi) is 4.75. The minimum absolute atomic E-state index is 0. The highest BCUT2D eigenvalue weighted by atomic mass is 32.1. The fourth-order valence-electron chi connectivity index (χ4n) is 2.08. The zero-order chi connectivity index (χ0) is 14.8. The number of nitrogens with one attached hydrogen (secondary N) is 1. The second-order valence-corrected chi connectivity index (χ2v) is 5.74. The molecular formula is C16H18N4OS. The van der Waals surface area contributed by atoms with E-state index in [4.69, 9.17) is 0 Å². The van der Waals surface area contributed by atoms with E-state index < -0.39 is 0 Å². The third-order valence-corrected chi connectivity index (χ3v) is 4.12. The molecule has 3 aromatic rings. The van der Waals surface area contributed by atoms with Crippen LogP contribution in [0.15, 0.2) is 51.6 Å².